The van der Waals surface area contributed by atoms with Gasteiger partial charge >= 0.3 is 0 Å². The van der Waals surface area contributed by atoms with Crippen LogP contribution in [0.4, 0.5) is 0 Å². The van der Waals surface area contributed by atoms with E-state index in [0.29, 0.717) is 19.0 Å². The van der Waals surface area contributed by atoms with Gasteiger partial charge in [-0.15, -0.1) is 11.3 Å². The van der Waals surface area contributed by atoms with Crippen LogP contribution in [0.1, 0.15) is 10.4 Å². The normalized spacial score (nSPS) is 12.4. The Labute approximate surface area is 155 Å². The Hall–Kier alpha value is -1.66. The van der Waals surface area contributed by atoms with Crippen LogP contribution in [-0.2, 0) is 7.05 Å². The first kappa shape index (κ1) is 15.8. The molecule has 0 saturated carbocycles. The molecule has 0 unspecified atom stereocenters. The maximum atomic E-state index is 12.4. The molecule has 0 radical (unpaired) electrons. The first-order valence-corrected chi connectivity index (χ1v) is 9.44. The van der Waals surface area contributed by atoms with Gasteiger partial charge in [-0.3, -0.25) is 4.79 Å². The van der Waals surface area contributed by atoms with Crippen LogP contribution in [0.15, 0.2) is 47.5 Å². The van der Waals surface area contributed by atoms with Crippen LogP contribution >= 0.6 is 45.9 Å². The van der Waals surface area contributed by atoms with Gasteiger partial charge in [0.15, 0.2) is 4.80 Å². The fourth-order valence-corrected chi connectivity index (χ4v) is 5.14. The van der Waals surface area contributed by atoms with Gasteiger partial charge in [-0.2, -0.15) is 4.99 Å². The van der Waals surface area contributed by atoms with Gasteiger partial charge in [0.2, 0.25) is 0 Å². The van der Waals surface area contributed by atoms with E-state index in [0.717, 1.165) is 21.0 Å². The van der Waals surface area contributed by atoms with Gasteiger partial charge in [0.1, 0.15) is 4.34 Å². The summed E-state index contributed by atoms with van der Waals surface area (Å²) >= 11 is 14.6. The number of amides is 1. The number of carbonyl (C=O) groups is 1. The van der Waals surface area contributed by atoms with Gasteiger partial charge in [0.25, 0.3) is 5.91 Å². The minimum Gasteiger partial charge on any atom is -0.319 e. The van der Waals surface area contributed by atoms with E-state index in [1.165, 1.54) is 22.7 Å². The second kappa shape index (κ2) is 6.01. The molecule has 0 aliphatic rings. The molecule has 24 heavy (non-hydrogen) atoms. The second-order valence-corrected chi connectivity index (χ2v) is 8.53. The predicted molar refractivity (Wildman–Crippen MR) is 103 cm³/mol. The SMILES string of the molecule is Cn1c(=NC(=O)c2cc(Cl)sc2Cl)sc2ccc3ccccc3c21. The lowest BCUT2D eigenvalue weighted by Crippen LogP contribution is -2.13. The maximum Gasteiger partial charge on any atom is 0.282 e. The van der Waals surface area contributed by atoms with Gasteiger partial charge in [-0.05, 0) is 17.5 Å². The van der Waals surface area contributed by atoms with Crippen molar-refractivity contribution >= 4 is 72.8 Å². The van der Waals surface area contributed by atoms with Crippen molar-refractivity contribution in [1.29, 1.82) is 0 Å². The summed E-state index contributed by atoms with van der Waals surface area (Å²) < 4.78 is 3.87. The second-order valence-electron chi connectivity index (χ2n) is 5.23. The molecular weight excluding hydrogens is 383 g/mol. The molecule has 3 nitrogen and oxygen atoms in total. The molecule has 4 aromatic rings. The highest BCUT2D eigenvalue weighted by molar-refractivity contribution is 7.20. The van der Waals surface area contributed by atoms with Crippen LogP contribution in [0.2, 0.25) is 8.67 Å². The minimum absolute atomic E-state index is 0.342. The first-order valence-electron chi connectivity index (χ1n) is 7.06. The fraction of sp³-hybridized carbons (Fsp3) is 0.0588. The third kappa shape index (κ3) is 2.58. The maximum absolute atomic E-state index is 12.4. The summed E-state index contributed by atoms with van der Waals surface area (Å²) in [5, 5.41) is 2.29. The van der Waals surface area contributed by atoms with E-state index in [1.54, 1.807) is 6.07 Å². The van der Waals surface area contributed by atoms with Crippen molar-refractivity contribution in [3.05, 3.63) is 61.5 Å². The van der Waals surface area contributed by atoms with E-state index < -0.39 is 0 Å². The van der Waals surface area contributed by atoms with Crippen LogP contribution < -0.4 is 4.80 Å². The van der Waals surface area contributed by atoms with E-state index in [9.17, 15) is 4.79 Å². The molecule has 0 saturated heterocycles. The van der Waals surface area contributed by atoms with E-state index in [1.807, 2.05) is 23.7 Å². The zero-order chi connectivity index (χ0) is 16.8. The third-order valence-corrected chi connectivity index (χ3v) is 6.36. The Kier molecular flexibility index (Phi) is 3.96. The molecular formula is C17H10Cl2N2OS2. The standard InChI is InChI=1S/C17H10Cl2N2OS2/c1-21-14-10-5-3-2-4-9(10)6-7-12(14)23-17(21)20-16(22)11-8-13(18)24-15(11)19/h2-8H,1H3. The van der Waals surface area contributed by atoms with E-state index in [2.05, 4.69) is 29.3 Å². The smallest absolute Gasteiger partial charge is 0.282 e. The highest BCUT2D eigenvalue weighted by Crippen LogP contribution is 2.31. The Morgan fingerprint density at radius 2 is 1.92 bits per heavy atom. The number of benzene rings is 2. The molecule has 1 amide bonds. The Bertz CT molecular complexity index is 1170. The van der Waals surface area contributed by atoms with Crippen LogP contribution in [-0.4, -0.2) is 10.5 Å². The fourth-order valence-electron chi connectivity index (χ4n) is 2.66. The molecule has 0 fully saturated rings. The lowest BCUT2D eigenvalue weighted by Gasteiger charge is -2.01. The number of hydrogen-bond acceptors (Lipinski definition) is 3. The number of thiophene rings is 1. The number of hydrogen-bond donors (Lipinski definition) is 0. The molecule has 2 heterocycles. The minimum atomic E-state index is -0.380. The predicted octanol–water partition coefficient (Wildman–Crippen LogP) is 5.50. The summed E-state index contributed by atoms with van der Waals surface area (Å²) in [6.07, 6.45) is 0. The molecule has 0 aliphatic heterocycles. The average Bonchev–Trinajstić information content (AvgIpc) is 3.07. The van der Waals surface area contributed by atoms with Gasteiger partial charge in [-0.1, -0.05) is 64.9 Å². The summed E-state index contributed by atoms with van der Waals surface area (Å²) in [4.78, 5) is 17.3. The molecule has 2 aromatic heterocycles. The summed E-state index contributed by atoms with van der Waals surface area (Å²) in [5.41, 5.74) is 1.41. The zero-order valence-corrected chi connectivity index (χ0v) is 15.6. The van der Waals surface area contributed by atoms with Crippen molar-refractivity contribution in [2.24, 2.45) is 12.0 Å². The van der Waals surface area contributed by atoms with Gasteiger partial charge < -0.3 is 4.57 Å². The summed E-state index contributed by atoms with van der Waals surface area (Å²) in [5.74, 6) is -0.380. The van der Waals surface area contributed by atoms with Crippen molar-refractivity contribution < 1.29 is 4.79 Å². The molecule has 0 spiro atoms. The number of fused-ring (bicyclic) bond motifs is 3. The largest absolute Gasteiger partial charge is 0.319 e. The Morgan fingerprint density at radius 1 is 1.12 bits per heavy atom. The third-order valence-electron chi connectivity index (χ3n) is 3.77. The number of aryl methyl sites for hydroxylation is 1. The van der Waals surface area contributed by atoms with Crippen LogP contribution in [0.3, 0.4) is 0 Å². The number of nitrogens with zero attached hydrogens (tertiary/aromatic N) is 2. The van der Waals surface area contributed by atoms with Gasteiger partial charge in [0, 0.05) is 12.4 Å². The van der Waals surface area contributed by atoms with Crippen molar-refractivity contribution in [3.63, 3.8) is 0 Å². The number of halogens is 2. The average molecular weight is 393 g/mol. The van der Waals surface area contributed by atoms with Crippen molar-refractivity contribution in [2.75, 3.05) is 0 Å². The van der Waals surface area contributed by atoms with E-state index in [-0.39, 0.29) is 5.91 Å². The number of carbonyl (C=O) groups excluding carboxylic acids is 1. The van der Waals surface area contributed by atoms with Gasteiger partial charge in [0.05, 0.1) is 20.1 Å². The summed E-state index contributed by atoms with van der Waals surface area (Å²) in [6, 6.07) is 13.9. The van der Waals surface area contributed by atoms with Crippen molar-refractivity contribution in [1.82, 2.24) is 4.57 Å². The molecule has 0 bridgehead atoms. The monoisotopic (exact) mass is 392 g/mol. The van der Waals surface area contributed by atoms with Crippen LogP contribution in [0.5, 0.6) is 0 Å². The lowest BCUT2D eigenvalue weighted by molar-refractivity contribution is 0.0998. The molecule has 0 atom stereocenters. The highest BCUT2D eigenvalue weighted by Gasteiger charge is 2.14. The topological polar surface area (TPSA) is 34.4 Å². The van der Waals surface area contributed by atoms with Crippen LogP contribution in [0, 0.1) is 0 Å². The first-order chi connectivity index (χ1) is 11.5. The zero-order valence-electron chi connectivity index (χ0n) is 12.4. The Morgan fingerprint density at radius 3 is 2.67 bits per heavy atom. The van der Waals surface area contributed by atoms with E-state index in [4.69, 9.17) is 23.2 Å². The molecule has 0 N–H and O–H groups in total. The molecule has 2 aromatic carbocycles. The highest BCUT2D eigenvalue weighted by atomic mass is 35.5. The molecule has 120 valence electrons. The molecule has 4 rings (SSSR count). The van der Waals surface area contributed by atoms with Crippen molar-refractivity contribution in [2.45, 2.75) is 0 Å². The molecule has 7 heteroatoms. The van der Waals surface area contributed by atoms with Gasteiger partial charge in [-0.25, -0.2) is 0 Å². The number of thiazole rings is 1. The molecule has 0 aliphatic carbocycles. The number of aromatic nitrogens is 1. The summed E-state index contributed by atoms with van der Waals surface area (Å²) in [6.45, 7) is 0. The Balaban J connectivity index is 1.94. The lowest BCUT2D eigenvalue weighted by atomic mass is 10.1. The number of rotatable bonds is 1. The quantitative estimate of drug-likeness (QED) is 0.420. The van der Waals surface area contributed by atoms with E-state index >= 15 is 0 Å². The summed E-state index contributed by atoms with van der Waals surface area (Å²) in [7, 11) is 1.92. The van der Waals surface area contributed by atoms with Crippen LogP contribution in [0.25, 0.3) is 21.0 Å². The van der Waals surface area contributed by atoms with Crippen molar-refractivity contribution in [3.8, 4) is 0 Å².